The number of azo groups is 1. The quantitative estimate of drug-likeness (QED) is 0.189. The van der Waals surface area contributed by atoms with Crippen molar-refractivity contribution in [3.63, 3.8) is 0 Å². The first-order valence-corrected chi connectivity index (χ1v) is 13.3. The van der Waals surface area contributed by atoms with E-state index in [-0.39, 0.29) is 68.6 Å². The van der Waals surface area contributed by atoms with E-state index in [2.05, 4.69) is 15.5 Å². The van der Waals surface area contributed by atoms with Gasteiger partial charge in [0.05, 0.1) is 23.5 Å². The van der Waals surface area contributed by atoms with Gasteiger partial charge in [-0.3, -0.25) is 9.35 Å². The van der Waals surface area contributed by atoms with E-state index in [1.165, 1.54) is 31.4 Å². The number of halogens is 2. The molecule has 0 spiro atoms. The fourth-order valence-corrected chi connectivity index (χ4v) is 4.94. The molecule has 0 aliphatic heterocycles. The molecule has 9 nitrogen and oxygen atoms in total. The first-order chi connectivity index (χ1) is 18.0. The molecule has 1 amide bonds. The number of amides is 1. The number of carbonyl (C=O) groups is 1. The molecule has 0 fully saturated rings. The third kappa shape index (κ3) is 6.55. The van der Waals surface area contributed by atoms with E-state index >= 15 is 0 Å². The van der Waals surface area contributed by atoms with Crippen LogP contribution in [-0.4, -0.2) is 26.0 Å². The minimum atomic E-state index is -4.68. The van der Waals surface area contributed by atoms with Crippen molar-refractivity contribution in [2.75, 3.05) is 12.4 Å². The van der Waals surface area contributed by atoms with Gasteiger partial charge >= 0.3 is 29.6 Å². The first-order valence-electron chi connectivity index (χ1n) is 11.1. The zero-order valence-electron chi connectivity index (χ0n) is 21.0. The number of benzene rings is 4. The van der Waals surface area contributed by atoms with Crippen molar-refractivity contribution in [2.24, 2.45) is 10.2 Å². The Morgan fingerprint density at radius 1 is 1.03 bits per heavy atom. The number of hydrogen-bond donors (Lipinski definition) is 2. The van der Waals surface area contributed by atoms with Crippen LogP contribution in [0.3, 0.4) is 0 Å². The summed E-state index contributed by atoms with van der Waals surface area (Å²) in [7, 11) is -3.22. The molecule has 0 unspecified atom stereocenters. The second-order valence-electron chi connectivity index (χ2n) is 8.02. The zero-order valence-corrected chi connectivity index (χ0v) is 25.4. The topological polar surface area (TPSA) is 140 Å². The van der Waals surface area contributed by atoms with Crippen LogP contribution < -0.4 is 44.7 Å². The molecule has 13 heteroatoms. The Morgan fingerprint density at radius 2 is 1.69 bits per heavy atom. The molecule has 0 aromatic heterocycles. The summed E-state index contributed by atoms with van der Waals surface area (Å²) >= 11 is 12.4. The average Bonchev–Trinajstić information content (AvgIpc) is 2.88. The number of carbonyl (C=O) groups excluding carboxylic acids is 1. The number of fused-ring (bicyclic) bond motifs is 1. The molecule has 2 N–H and O–H groups in total. The van der Waals surface area contributed by atoms with Crippen LogP contribution in [0.25, 0.3) is 10.8 Å². The van der Waals surface area contributed by atoms with Crippen molar-refractivity contribution in [1.29, 1.82) is 0 Å². The van der Waals surface area contributed by atoms with Gasteiger partial charge in [-0.1, -0.05) is 60.1 Å². The molecule has 0 bridgehead atoms. The Kier molecular flexibility index (Phi) is 10.0. The largest absolute Gasteiger partial charge is 1.00 e. The Morgan fingerprint density at radius 3 is 2.36 bits per heavy atom. The van der Waals surface area contributed by atoms with Crippen molar-refractivity contribution < 1.29 is 57.2 Å². The second kappa shape index (κ2) is 12.6. The number of nitrogens with zero attached hydrogens (tertiary/aromatic N) is 2. The van der Waals surface area contributed by atoms with E-state index in [1.807, 2.05) is 0 Å². The normalized spacial score (nSPS) is 11.4. The van der Waals surface area contributed by atoms with E-state index in [0.29, 0.717) is 22.1 Å². The van der Waals surface area contributed by atoms with Crippen LogP contribution >= 0.6 is 23.2 Å². The number of nitrogens with one attached hydrogen (secondary N) is 1. The Hall–Kier alpha value is -2.70. The molecule has 0 heterocycles. The number of hydrogen-bond acceptors (Lipinski definition) is 7. The molecule has 4 aromatic carbocycles. The number of methoxy groups -OCH3 is 1. The summed E-state index contributed by atoms with van der Waals surface area (Å²) < 4.78 is 38.9. The van der Waals surface area contributed by atoms with E-state index in [0.717, 1.165) is 6.07 Å². The van der Waals surface area contributed by atoms with Crippen molar-refractivity contribution in [3.05, 3.63) is 81.8 Å². The molecule has 4 rings (SSSR count). The summed E-state index contributed by atoms with van der Waals surface area (Å²) in [6, 6.07) is 15.2. The van der Waals surface area contributed by atoms with Crippen LogP contribution in [0.15, 0.2) is 75.8 Å². The molecule has 39 heavy (non-hydrogen) atoms. The van der Waals surface area contributed by atoms with Crippen molar-refractivity contribution in [2.45, 2.75) is 18.2 Å². The maximum absolute atomic E-state index is 13.5. The van der Waals surface area contributed by atoms with E-state index in [4.69, 9.17) is 27.9 Å². The van der Waals surface area contributed by atoms with Crippen molar-refractivity contribution in [3.8, 4) is 11.5 Å². The van der Waals surface area contributed by atoms with Crippen LogP contribution in [0.5, 0.6) is 11.5 Å². The second-order valence-corrected chi connectivity index (χ2v) is 10.2. The molecule has 4 aromatic rings. The zero-order chi connectivity index (χ0) is 27.6. The van der Waals surface area contributed by atoms with Crippen LogP contribution in [0.2, 0.25) is 10.0 Å². The van der Waals surface area contributed by atoms with Gasteiger partial charge in [0, 0.05) is 22.0 Å². The number of ether oxygens (including phenoxy) is 1. The van der Waals surface area contributed by atoms with Crippen LogP contribution in [0.1, 0.15) is 22.8 Å². The molecule has 0 saturated carbocycles. The Balaban J connectivity index is 0.00000420. The fraction of sp³-hybridized carbons (Fsp3) is 0.115. The average molecular weight is 596 g/mol. The fourth-order valence-electron chi connectivity index (χ4n) is 3.84. The van der Waals surface area contributed by atoms with Gasteiger partial charge in [0.1, 0.15) is 16.3 Å². The first kappa shape index (κ1) is 30.8. The molecule has 0 saturated heterocycles. The minimum absolute atomic E-state index is 0. The standard InChI is InChI=1S/C26H21Cl2N3O6S.Na/c1-3-16-19(27)10-11-22(38(34,35)36)23(16)30-31-24-17-7-5-4-6-14(17)12-18(25(24)32)26(33)29-21-13-15(37-2)8-9-20(21)28;/h4-13,32H,3H2,1-2H3,(H,29,33)(H,34,35,36);/q;+1/p-1. The van der Waals surface area contributed by atoms with Crippen LogP contribution in [0, 0.1) is 0 Å². The Bertz CT molecular complexity index is 1710. The van der Waals surface area contributed by atoms with Gasteiger partial charge in [0.25, 0.3) is 16.0 Å². The Labute approximate surface area is 256 Å². The number of anilines is 1. The molecular formula is C26H20Cl2N3NaO6S. The van der Waals surface area contributed by atoms with Gasteiger partial charge in [0.15, 0.2) is 0 Å². The third-order valence-electron chi connectivity index (χ3n) is 5.71. The summed E-state index contributed by atoms with van der Waals surface area (Å²) in [6.45, 7) is 1.72. The monoisotopic (exact) mass is 595 g/mol. The summed E-state index contributed by atoms with van der Waals surface area (Å²) in [5.41, 5.74) is -0.106. The van der Waals surface area contributed by atoms with Gasteiger partial charge in [0.2, 0.25) is 0 Å². The molecule has 196 valence electrons. The summed E-state index contributed by atoms with van der Waals surface area (Å²) in [4.78, 5) is 12.7. The molecule has 0 aliphatic rings. The third-order valence-corrected chi connectivity index (χ3v) is 7.28. The molecule has 0 radical (unpaired) electrons. The van der Waals surface area contributed by atoms with Crippen molar-refractivity contribution in [1.82, 2.24) is 0 Å². The summed E-state index contributed by atoms with van der Waals surface area (Å²) in [5, 5.41) is 25.5. The SMILES string of the molecule is CCc1c(Cl)ccc(S(=O)(=O)O)c1N=Nc1c([O-])c(C(=O)Nc2cc(OC)ccc2Cl)cc2ccccc12.[Na+]. The van der Waals surface area contributed by atoms with Gasteiger partial charge in [-0.05, 0) is 47.7 Å². The molecule has 0 aliphatic carbocycles. The van der Waals surface area contributed by atoms with E-state index in [9.17, 15) is 22.9 Å². The van der Waals surface area contributed by atoms with Crippen molar-refractivity contribution >= 4 is 67.1 Å². The predicted molar refractivity (Wildman–Crippen MR) is 144 cm³/mol. The van der Waals surface area contributed by atoms with Gasteiger partial charge < -0.3 is 15.2 Å². The maximum Gasteiger partial charge on any atom is 1.00 e. The van der Waals surface area contributed by atoms with Gasteiger partial charge in [-0.2, -0.15) is 13.5 Å². The minimum Gasteiger partial charge on any atom is -0.870 e. The molecular weight excluding hydrogens is 576 g/mol. The maximum atomic E-state index is 13.5. The van der Waals surface area contributed by atoms with Crippen LogP contribution in [0.4, 0.5) is 17.1 Å². The smallest absolute Gasteiger partial charge is 0.870 e. The predicted octanol–water partition coefficient (Wildman–Crippen LogP) is 3.71. The van der Waals surface area contributed by atoms with Crippen LogP contribution in [-0.2, 0) is 16.5 Å². The van der Waals surface area contributed by atoms with E-state index < -0.39 is 26.7 Å². The molecule has 0 atom stereocenters. The summed E-state index contributed by atoms with van der Waals surface area (Å²) in [5.74, 6) is -1.05. The van der Waals surface area contributed by atoms with Gasteiger partial charge in [-0.15, -0.1) is 5.11 Å². The van der Waals surface area contributed by atoms with Gasteiger partial charge in [-0.25, -0.2) is 0 Å². The number of rotatable bonds is 7. The van der Waals surface area contributed by atoms with E-state index in [1.54, 1.807) is 37.3 Å². The summed E-state index contributed by atoms with van der Waals surface area (Å²) in [6.07, 6.45) is 0.269.